The zero-order chi connectivity index (χ0) is 16.2. The average Bonchev–Trinajstić information content (AvgIpc) is 3.34. The fraction of sp³-hybridized carbons (Fsp3) is 0.450. The average molecular weight is 340 g/mol. The molecule has 1 aromatic heterocycles. The summed E-state index contributed by atoms with van der Waals surface area (Å²) in [6, 6.07) is 13.4. The molecule has 2 aliphatic rings. The molecular formula is C20H24N2OS. The molecule has 2 fully saturated rings. The highest BCUT2D eigenvalue weighted by molar-refractivity contribution is 7.99. The number of hydrogen-bond donors (Lipinski definition) is 1. The van der Waals surface area contributed by atoms with Gasteiger partial charge in [-0.2, -0.15) is 0 Å². The quantitative estimate of drug-likeness (QED) is 0.734. The summed E-state index contributed by atoms with van der Waals surface area (Å²) in [5.41, 5.74) is 1.35. The lowest BCUT2D eigenvalue weighted by Crippen LogP contribution is -2.46. The normalized spacial score (nSPS) is 25.1. The summed E-state index contributed by atoms with van der Waals surface area (Å²) in [4.78, 5) is 5.75. The third kappa shape index (κ3) is 4.11. The number of aromatic nitrogens is 1. The summed E-state index contributed by atoms with van der Waals surface area (Å²) in [6.07, 6.45) is 7.65. The van der Waals surface area contributed by atoms with E-state index in [0.29, 0.717) is 12.0 Å². The Morgan fingerprint density at radius 2 is 2.08 bits per heavy atom. The SMILES string of the molecule is c1ccc(SCC[C@H]2C[C@@H]2c2cncc(OC[C@@H]3CCN3)c2)cc1. The molecule has 126 valence electrons. The van der Waals surface area contributed by atoms with Crippen molar-refractivity contribution < 1.29 is 4.74 Å². The summed E-state index contributed by atoms with van der Waals surface area (Å²) in [5, 5.41) is 3.36. The molecular weight excluding hydrogens is 316 g/mol. The lowest BCUT2D eigenvalue weighted by molar-refractivity contribution is 0.217. The van der Waals surface area contributed by atoms with Crippen LogP contribution >= 0.6 is 11.8 Å². The van der Waals surface area contributed by atoms with Crippen LogP contribution in [0.3, 0.4) is 0 Å². The number of hydrogen-bond acceptors (Lipinski definition) is 4. The van der Waals surface area contributed by atoms with Crippen molar-refractivity contribution >= 4 is 11.8 Å². The van der Waals surface area contributed by atoms with Crippen molar-refractivity contribution in [2.75, 3.05) is 18.9 Å². The molecule has 2 aromatic rings. The van der Waals surface area contributed by atoms with Gasteiger partial charge in [0.25, 0.3) is 0 Å². The molecule has 1 saturated heterocycles. The molecule has 1 aliphatic heterocycles. The van der Waals surface area contributed by atoms with E-state index in [2.05, 4.69) is 46.7 Å². The summed E-state index contributed by atoms with van der Waals surface area (Å²) >= 11 is 1.96. The maximum Gasteiger partial charge on any atom is 0.137 e. The van der Waals surface area contributed by atoms with Crippen molar-refractivity contribution in [2.45, 2.75) is 36.1 Å². The number of rotatable bonds is 8. The van der Waals surface area contributed by atoms with E-state index in [1.54, 1.807) is 0 Å². The summed E-state index contributed by atoms with van der Waals surface area (Å²) in [6.45, 7) is 1.88. The number of nitrogens with zero attached hydrogens (tertiary/aromatic N) is 1. The van der Waals surface area contributed by atoms with Crippen LogP contribution in [-0.2, 0) is 0 Å². The maximum absolute atomic E-state index is 5.87. The van der Waals surface area contributed by atoms with Gasteiger partial charge in [0.15, 0.2) is 0 Å². The van der Waals surface area contributed by atoms with Crippen LogP contribution in [0.25, 0.3) is 0 Å². The topological polar surface area (TPSA) is 34.1 Å². The Labute approximate surface area is 148 Å². The number of thioether (sulfide) groups is 1. The molecule has 0 radical (unpaired) electrons. The summed E-state index contributed by atoms with van der Waals surface area (Å²) in [5.74, 6) is 3.61. The Morgan fingerprint density at radius 3 is 2.88 bits per heavy atom. The van der Waals surface area contributed by atoms with E-state index in [9.17, 15) is 0 Å². The van der Waals surface area contributed by atoms with E-state index in [0.717, 1.165) is 24.8 Å². The second-order valence-electron chi connectivity index (χ2n) is 6.76. The standard InChI is InChI=1S/C20H24N2OS/c1-2-4-19(5-3-1)24-9-7-15-11-20(15)16-10-18(13-21-12-16)23-14-17-6-8-22-17/h1-5,10,12-13,15,17,20,22H,6-9,11,14H2/t15-,17-,20-/m0/s1. The van der Waals surface area contributed by atoms with Gasteiger partial charge >= 0.3 is 0 Å². The first-order valence-corrected chi connectivity index (χ1v) is 9.86. The number of nitrogens with one attached hydrogen (secondary N) is 1. The van der Waals surface area contributed by atoms with Crippen LogP contribution in [0.4, 0.5) is 0 Å². The van der Waals surface area contributed by atoms with Gasteiger partial charge in [0, 0.05) is 17.1 Å². The zero-order valence-electron chi connectivity index (χ0n) is 13.9. The predicted molar refractivity (Wildman–Crippen MR) is 98.8 cm³/mol. The van der Waals surface area contributed by atoms with Gasteiger partial charge in [-0.3, -0.25) is 4.98 Å². The molecule has 1 aliphatic carbocycles. The van der Waals surface area contributed by atoms with E-state index < -0.39 is 0 Å². The highest BCUT2D eigenvalue weighted by Crippen LogP contribution is 2.50. The zero-order valence-corrected chi connectivity index (χ0v) is 14.7. The first-order chi connectivity index (χ1) is 11.9. The lowest BCUT2D eigenvalue weighted by atomic mass is 10.1. The number of pyridine rings is 1. The molecule has 3 atom stereocenters. The third-order valence-corrected chi connectivity index (χ3v) is 6.01. The van der Waals surface area contributed by atoms with Gasteiger partial charge < -0.3 is 10.1 Å². The van der Waals surface area contributed by atoms with Gasteiger partial charge in [0.05, 0.1) is 6.20 Å². The second-order valence-corrected chi connectivity index (χ2v) is 7.93. The molecule has 4 rings (SSSR count). The van der Waals surface area contributed by atoms with Crippen LogP contribution < -0.4 is 10.1 Å². The van der Waals surface area contributed by atoms with Gasteiger partial charge in [-0.25, -0.2) is 0 Å². The molecule has 0 spiro atoms. The maximum atomic E-state index is 5.87. The van der Waals surface area contributed by atoms with Crippen LogP contribution in [-0.4, -0.2) is 29.9 Å². The molecule has 0 bridgehead atoms. The van der Waals surface area contributed by atoms with Crippen LogP contribution in [0, 0.1) is 5.92 Å². The van der Waals surface area contributed by atoms with Gasteiger partial charge in [0.1, 0.15) is 12.4 Å². The van der Waals surface area contributed by atoms with E-state index in [-0.39, 0.29) is 0 Å². The smallest absolute Gasteiger partial charge is 0.137 e. The molecule has 3 nitrogen and oxygen atoms in total. The first-order valence-electron chi connectivity index (χ1n) is 8.87. The van der Waals surface area contributed by atoms with E-state index >= 15 is 0 Å². The Kier molecular flexibility index (Phi) is 5.04. The van der Waals surface area contributed by atoms with Gasteiger partial charge in [0.2, 0.25) is 0 Å². The monoisotopic (exact) mass is 340 g/mol. The molecule has 1 saturated carbocycles. The molecule has 24 heavy (non-hydrogen) atoms. The summed E-state index contributed by atoms with van der Waals surface area (Å²) < 4.78 is 5.87. The Morgan fingerprint density at radius 1 is 1.21 bits per heavy atom. The van der Waals surface area contributed by atoms with Crippen LogP contribution in [0.15, 0.2) is 53.7 Å². The van der Waals surface area contributed by atoms with Crippen molar-refractivity contribution in [3.05, 3.63) is 54.4 Å². The van der Waals surface area contributed by atoms with Crippen molar-refractivity contribution in [1.29, 1.82) is 0 Å². The fourth-order valence-corrected chi connectivity index (χ4v) is 4.23. The van der Waals surface area contributed by atoms with E-state index in [4.69, 9.17) is 4.74 Å². The third-order valence-electron chi connectivity index (χ3n) is 4.96. The molecule has 2 heterocycles. The minimum Gasteiger partial charge on any atom is -0.490 e. The molecule has 0 amide bonds. The van der Waals surface area contributed by atoms with Crippen LogP contribution in [0.2, 0.25) is 0 Å². The highest BCUT2D eigenvalue weighted by Gasteiger charge is 2.38. The largest absolute Gasteiger partial charge is 0.490 e. The fourth-order valence-electron chi connectivity index (χ4n) is 3.22. The first kappa shape index (κ1) is 16.0. The molecule has 0 unspecified atom stereocenters. The Hall–Kier alpha value is -1.52. The number of ether oxygens (including phenoxy) is 1. The van der Waals surface area contributed by atoms with Crippen LogP contribution in [0.5, 0.6) is 5.75 Å². The van der Waals surface area contributed by atoms with Crippen molar-refractivity contribution in [1.82, 2.24) is 10.3 Å². The number of benzene rings is 1. The van der Waals surface area contributed by atoms with Crippen molar-refractivity contribution in [3.8, 4) is 5.75 Å². The van der Waals surface area contributed by atoms with Gasteiger partial charge in [-0.1, -0.05) is 18.2 Å². The summed E-state index contributed by atoms with van der Waals surface area (Å²) in [7, 11) is 0. The minimum absolute atomic E-state index is 0.525. The Bertz CT molecular complexity index is 660. The van der Waals surface area contributed by atoms with E-state index in [1.165, 1.54) is 35.5 Å². The molecule has 1 aromatic carbocycles. The van der Waals surface area contributed by atoms with E-state index in [1.807, 2.05) is 24.2 Å². The highest BCUT2D eigenvalue weighted by atomic mass is 32.2. The van der Waals surface area contributed by atoms with Gasteiger partial charge in [-0.15, -0.1) is 11.8 Å². The van der Waals surface area contributed by atoms with Crippen LogP contribution in [0.1, 0.15) is 30.7 Å². The molecule has 1 N–H and O–H groups in total. The minimum atomic E-state index is 0.525. The lowest BCUT2D eigenvalue weighted by Gasteiger charge is -2.27. The van der Waals surface area contributed by atoms with Crippen molar-refractivity contribution in [2.24, 2.45) is 5.92 Å². The Balaban J connectivity index is 1.23. The van der Waals surface area contributed by atoms with Gasteiger partial charge in [-0.05, 0) is 67.2 Å². The predicted octanol–water partition coefficient (Wildman–Crippen LogP) is 4.11. The second kappa shape index (κ2) is 7.58. The molecule has 4 heteroatoms. The van der Waals surface area contributed by atoms with Crippen molar-refractivity contribution in [3.63, 3.8) is 0 Å².